The van der Waals surface area contributed by atoms with E-state index in [0.29, 0.717) is 19.6 Å². The summed E-state index contributed by atoms with van der Waals surface area (Å²) < 4.78 is 26.1. The number of carbonyl (C=O) groups is 1. The first-order valence-corrected chi connectivity index (χ1v) is 5.57. The molecule has 1 atom stereocenters. The molecular formula is C7H13O5P. The van der Waals surface area contributed by atoms with Crippen molar-refractivity contribution in [1.29, 1.82) is 0 Å². The van der Waals surface area contributed by atoms with E-state index in [-0.39, 0.29) is 5.78 Å². The minimum absolute atomic E-state index is 0.201. The minimum atomic E-state index is -3.44. The number of phosphoric acid groups is 1. The average Bonchev–Trinajstić information content (AvgIpc) is 2.04. The van der Waals surface area contributed by atoms with Crippen LogP contribution >= 0.6 is 7.82 Å². The smallest absolute Gasteiger partial charge is 0.297 e. The first kappa shape index (κ1) is 10.9. The molecule has 0 aliphatic carbocycles. The number of Topliss-reactive ketones (excluding diaryl/α,β-unsaturated/α-hetero) is 1. The molecule has 0 aromatic rings. The second-order valence-corrected chi connectivity index (χ2v) is 4.45. The zero-order chi connectivity index (χ0) is 9.90. The van der Waals surface area contributed by atoms with E-state index in [9.17, 15) is 9.36 Å². The van der Waals surface area contributed by atoms with Gasteiger partial charge >= 0.3 is 7.82 Å². The van der Waals surface area contributed by atoms with Gasteiger partial charge in [0, 0.05) is 0 Å². The van der Waals surface area contributed by atoms with Gasteiger partial charge in [0.1, 0.15) is 6.10 Å². The Morgan fingerprint density at radius 1 is 1.46 bits per heavy atom. The molecule has 1 heterocycles. The van der Waals surface area contributed by atoms with E-state index in [1.165, 1.54) is 13.8 Å². The van der Waals surface area contributed by atoms with Gasteiger partial charge in [-0.05, 0) is 20.3 Å². The van der Waals surface area contributed by atoms with Crippen molar-refractivity contribution >= 4 is 13.6 Å². The van der Waals surface area contributed by atoms with Crippen molar-refractivity contribution in [3.8, 4) is 0 Å². The summed E-state index contributed by atoms with van der Waals surface area (Å²) in [6.07, 6.45) is -0.0501. The summed E-state index contributed by atoms with van der Waals surface area (Å²) in [6, 6.07) is 0. The zero-order valence-corrected chi connectivity index (χ0v) is 8.58. The second kappa shape index (κ2) is 4.33. The Kier molecular flexibility index (Phi) is 3.62. The molecule has 0 amide bonds. The summed E-state index contributed by atoms with van der Waals surface area (Å²) >= 11 is 0. The Morgan fingerprint density at radius 2 is 2.00 bits per heavy atom. The lowest BCUT2D eigenvalue weighted by molar-refractivity contribution is -0.124. The van der Waals surface area contributed by atoms with Crippen molar-refractivity contribution in [2.24, 2.45) is 0 Å². The van der Waals surface area contributed by atoms with Crippen LogP contribution in [0.5, 0.6) is 0 Å². The lowest BCUT2D eigenvalue weighted by Gasteiger charge is -2.23. The largest absolute Gasteiger partial charge is 0.475 e. The molecule has 0 N–H and O–H groups in total. The van der Waals surface area contributed by atoms with Crippen LogP contribution in [0, 0.1) is 0 Å². The molecule has 1 unspecified atom stereocenters. The third-order valence-electron chi connectivity index (χ3n) is 1.65. The number of carbonyl (C=O) groups excluding carboxylic acids is 1. The van der Waals surface area contributed by atoms with Crippen LogP contribution in [0.2, 0.25) is 0 Å². The lowest BCUT2D eigenvalue weighted by Crippen LogP contribution is -2.20. The van der Waals surface area contributed by atoms with Crippen LogP contribution in [-0.2, 0) is 22.9 Å². The van der Waals surface area contributed by atoms with Crippen molar-refractivity contribution < 1.29 is 22.9 Å². The van der Waals surface area contributed by atoms with Gasteiger partial charge in [0.05, 0.1) is 13.2 Å². The molecule has 1 saturated heterocycles. The number of hydrogen-bond donors (Lipinski definition) is 0. The van der Waals surface area contributed by atoms with E-state index in [1.807, 2.05) is 0 Å². The first-order valence-electron chi connectivity index (χ1n) is 4.11. The second-order valence-electron chi connectivity index (χ2n) is 2.83. The maximum atomic E-state index is 11.5. The summed E-state index contributed by atoms with van der Waals surface area (Å²) in [7, 11) is -3.44. The maximum Gasteiger partial charge on any atom is 0.475 e. The zero-order valence-electron chi connectivity index (χ0n) is 7.69. The fourth-order valence-electron chi connectivity index (χ4n) is 0.778. The fraction of sp³-hybridized carbons (Fsp3) is 0.857. The van der Waals surface area contributed by atoms with Crippen LogP contribution in [0.3, 0.4) is 0 Å². The fourth-order valence-corrected chi connectivity index (χ4v) is 2.22. The molecule has 6 heteroatoms. The van der Waals surface area contributed by atoms with Gasteiger partial charge in [0.2, 0.25) is 0 Å². The molecule has 1 aliphatic heterocycles. The molecule has 1 fully saturated rings. The predicted octanol–water partition coefficient (Wildman–Crippen LogP) is 1.53. The van der Waals surface area contributed by atoms with Crippen LogP contribution in [0.25, 0.3) is 0 Å². The summed E-state index contributed by atoms with van der Waals surface area (Å²) in [5.41, 5.74) is 0. The minimum Gasteiger partial charge on any atom is -0.297 e. The highest BCUT2D eigenvalue weighted by atomic mass is 31.2. The van der Waals surface area contributed by atoms with Gasteiger partial charge in [-0.3, -0.25) is 18.4 Å². The highest BCUT2D eigenvalue weighted by Crippen LogP contribution is 2.52. The van der Waals surface area contributed by atoms with Gasteiger partial charge in [0.25, 0.3) is 0 Å². The molecule has 0 saturated carbocycles. The predicted molar refractivity (Wildman–Crippen MR) is 45.4 cm³/mol. The molecule has 1 aliphatic rings. The quantitative estimate of drug-likeness (QED) is 0.658. The lowest BCUT2D eigenvalue weighted by atomic mass is 10.3. The van der Waals surface area contributed by atoms with Gasteiger partial charge < -0.3 is 0 Å². The molecule has 0 aromatic carbocycles. The van der Waals surface area contributed by atoms with E-state index >= 15 is 0 Å². The van der Waals surface area contributed by atoms with Gasteiger partial charge in [-0.1, -0.05) is 0 Å². The maximum absolute atomic E-state index is 11.5. The Morgan fingerprint density at radius 3 is 2.46 bits per heavy atom. The van der Waals surface area contributed by atoms with Gasteiger partial charge in [0.15, 0.2) is 5.78 Å². The number of ketones is 1. The van der Waals surface area contributed by atoms with Crippen LogP contribution < -0.4 is 0 Å². The summed E-state index contributed by atoms with van der Waals surface area (Å²) in [5.74, 6) is -0.201. The number of hydrogen-bond acceptors (Lipinski definition) is 5. The van der Waals surface area contributed by atoms with Crippen LogP contribution in [0.4, 0.5) is 0 Å². The highest BCUT2D eigenvalue weighted by molar-refractivity contribution is 7.48. The van der Waals surface area contributed by atoms with Crippen molar-refractivity contribution in [3.63, 3.8) is 0 Å². The third kappa shape index (κ3) is 3.19. The molecule has 76 valence electrons. The van der Waals surface area contributed by atoms with Gasteiger partial charge in [-0.25, -0.2) is 4.57 Å². The van der Waals surface area contributed by atoms with Gasteiger partial charge in [-0.2, -0.15) is 0 Å². The van der Waals surface area contributed by atoms with Gasteiger partial charge in [-0.15, -0.1) is 0 Å². The third-order valence-corrected chi connectivity index (χ3v) is 3.22. The van der Waals surface area contributed by atoms with Crippen molar-refractivity contribution in [1.82, 2.24) is 0 Å². The summed E-state index contributed by atoms with van der Waals surface area (Å²) in [6.45, 7) is 3.58. The number of rotatable bonds is 3. The van der Waals surface area contributed by atoms with Crippen LogP contribution in [0.15, 0.2) is 0 Å². The molecule has 0 spiro atoms. The molecule has 1 rings (SSSR count). The van der Waals surface area contributed by atoms with E-state index < -0.39 is 13.9 Å². The Labute approximate surface area is 77.0 Å². The molecule has 0 aromatic heterocycles. The average molecular weight is 208 g/mol. The highest BCUT2D eigenvalue weighted by Gasteiger charge is 2.33. The van der Waals surface area contributed by atoms with Crippen LogP contribution in [-0.4, -0.2) is 25.1 Å². The van der Waals surface area contributed by atoms with E-state index in [1.54, 1.807) is 0 Å². The summed E-state index contributed by atoms with van der Waals surface area (Å²) in [4.78, 5) is 10.8. The first-order chi connectivity index (χ1) is 6.03. The van der Waals surface area contributed by atoms with Crippen LogP contribution in [0.1, 0.15) is 20.3 Å². The Hall–Kier alpha value is -0.220. The van der Waals surface area contributed by atoms with Crippen molar-refractivity contribution in [2.75, 3.05) is 13.2 Å². The Balaban J connectivity index is 2.50. The topological polar surface area (TPSA) is 61.8 Å². The molecule has 0 bridgehead atoms. The standard InChI is InChI=1S/C7H13O5P/c1-6(8)7(2)12-13(9)10-4-3-5-11-13/h7H,3-5H2,1-2H3. The molecule has 13 heavy (non-hydrogen) atoms. The van der Waals surface area contributed by atoms with Crippen molar-refractivity contribution in [2.45, 2.75) is 26.4 Å². The Bertz CT molecular complexity index is 229. The monoisotopic (exact) mass is 208 g/mol. The van der Waals surface area contributed by atoms with Crippen molar-refractivity contribution in [3.05, 3.63) is 0 Å². The van der Waals surface area contributed by atoms with E-state index in [0.717, 1.165) is 0 Å². The SMILES string of the molecule is CC(=O)C(C)OP1(=O)OCCCO1. The van der Waals surface area contributed by atoms with E-state index in [2.05, 4.69) is 0 Å². The van der Waals surface area contributed by atoms with E-state index in [4.69, 9.17) is 13.6 Å². The normalized spacial score (nSPS) is 23.8. The number of phosphoric ester groups is 1. The molecule has 5 nitrogen and oxygen atoms in total. The molecular weight excluding hydrogens is 195 g/mol. The summed E-state index contributed by atoms with van der Waals surface area (Å²) in [5, 5.41) is 0. The molecule has 0 radical (unpaired) electrons.